The second-order valence-corrected chi connectivity index (χ2v) is 7.06. The number of fused-ring (bicyclic) bond motifs is 1. The van der Waals surface area contributed by atoms with Gasteiger partial charge in [0.2, 0.25) is 5.91 Å². The highest BCUT2D eigenvalue weighted by Gasteiger charge is 2.17. The van der Waals surface area contributed by atoms with Crippen LogP contribution in [0, 0.1) is 0 Å². The number of nitrogens with one attached hydrogen (secondary N) is 1. The number of benzene rings is 2. The average molecular weight is 438 g/mol. The Morgan fingerprint density at radius 2 is 1.73 bits per heavy atom. The van der Waals surface area contributed by atoms with Crippen LogP contribution in [0.5, 0.6) is 5.75 Å². The first-order chi connectivity index (χ1) is 16.0. The Balaban J connectivity index is 1.87. The van der Waals surface area contributed by atoms with Crippen LogP contribution in [0.15, 0.2) is 109 Å². The molecule has 0 unspecified atom stereocenters. The van der Waals surface area contributed by atoms with Crippen LogP contribution < -0.4 is 15.7 Å². The van der Waals surface area contributed by atoms with Crippen molar-refractivity contribution >= 4 is 22.6 Å². The lowest BCUT2D eigenvalue weighted by atomic mass is 10.2. The molecule has 2 aromatic carbocycles. The van der Waals surface area contributed by atoms with E-state index in [9.17, 15) is 9.59 Å². The normalized spacial score (nSPS) is 11.2. The molecule has 4 rings (SSSR count). The number of carbonyl (C=O) groups is 1. The third kappa shape index (κ3) is 4.24. The third-order valence-corrected chi connectivity index (χ3v) is 5.00. The van der Waals surface area contributed by atoms with Gasteiger partial charge in [0.05, 0.1) is 28.6 Å². The van der Waals surface area contributed by atoms with Gasteiger partial charge in [-0.2, -0.15) is 0 Å². The lowest BCUT2D eigenvalue weighted by Crippen LogP contribution is -2.22. The van der Waals surface area contributed by atoms with Crippen LogP contribution in [0.3, 0.4) is 0 Å². The third-order valence-electron chi connectivity index (χ3n) is 5.00. The second kappa shape index (κ2) is 9.23. The molecule has 0 atom stereocenters. The van der Waals surface area contributed by atoms with E-state index in [1.807, 2.05) is 25.1 Å². The minimum atomic E-state index is -0.331. The van der Waals surface area contributed by atoms with Crippen molar-refractivity contribution in [3.05, 3.63) is 115 Å². The number of aromatic nitrogens is 3. The number of imidazole rings is 1. The maximum Gasteiger partial charge on any atom is 0.338 e. The summed E-state index contributed by atoms with van der Waals surface area (Å²) in [5.74, 6) is 0.858. The number of anilines is 1. The molecule has 7 nitrogen and oxygen atoms in total. The standard InChI is InChI=1S/C26H22N4O3/c1-4-21(5-2)33-22-12-8-11-20(16-22)30-24-17-27-14-13-23(24)29(26(30)32)19-10-7-9-18(15-19)28-25(31)6-3/h4-17H,1,3H2,2H3,(H,28,31)/b21-5+. The van der Waals surface area contributed by atoms with Gasteiger partial charge in [0.15, 0.2) is 0 Å². The highest BCUT2D eigenvalue weighted by Crippen LogP contribution is 2.24. The summed E-state index contributed by atoms with van der Waals surface area (Å²) in [6.45, 7) is 9.06. The Hall–Kier alpha value is -4.65. The molecule has 0 bridgehead atoms. The molecule has 0 aliphatic rings. The number of hydrogen-bond donors (Lipinski definition) is 1. The topological polar surface area (TPSA) is 78.2 Å². The van der Waals surface area contributed by atoms with E-state index in [0.717, 1.165) is 0 Å². The molecule has 0 aliphatic heterocycles. The molecule has 7 heteroatoms. The van der Waals surface area contributed by atoms with Gasteiger partial charge in [-0.05, 0) is 61.5 Å². The summed E-state index contributed by atoms with van der Waals surface area (Å²) in [6, 6.07) is 16.1. The van der Waals surface area contributed by atoms with Crippen LogP contribution in [0.1, 0.15) is 6.92 Å². The van der Waals surface area contributed by atoms with E-state index in [4.69, 9.17) is 4.74 Å². The van der Waals surface area contributed by atoms with Gasteiger partial charge < -0.3 is 10.1 Å². The van der Waals surface area contributed by atoms with Crippen molar-refractivity contribution in [2.75, 3.05) is 5.32 Å². The lowest BCUT2D eigenvalue weighted by Gasteiger charge is -2.09. The monoisotopic (exact) mass is 438 g/mol. The summed E-state index contributed by atoms with van der Waals surface area (Å²) in [4.78, 5) is 29.6. The summed E-state index contributed by atoms with van der Waals surface area (Å²) >= 11 is 0. The molecule has 0 spiro atoms. The van der Waals surface area contributed by atoms with Gasteiger partial charge in [-0.1, -0.05) is 25.3 Å². The summed E-state index contributed by atoms with van der Waals surface area (Å²) in [7, 11) is 0. The Morgan fingerprint density at radius 3 is 2.45 bits per heavy atom. The first kappa shape index (κ1) is 21.6. The summed E-state index contributed by atoms with van der Waals surface area (Å²) in [5.41, 5.74) is 2.82. The maximum atomic E-state index is 13.7. The predicted molar refractivity (Wildman–Crippen MR) is 130 cm³/mol. The number of nitrogens with zero attached hydrogens (tertiary/aromatic N) is 3. The quantitative estimate of drug-likeness (QED) is 0.256. The maximum absolute atomic E-state index is 13.7. The van der Waals surface area contributed by atoms with E-state index >= 15 is 0 Å². The SMILES string of the molecule is C=CC(=O)Nc1cccc(-n2c(=O)n(-c3cccc(O/C(C=C)=C/C)c3)c3cnccc32)c1. The van der Waals surface area contributed by atoms with Crippen molar-refractivity contribution in [2.24, 2.45) is 0 Å². The molecular weight excluding hydrogens is 416 g/mol. The molecule has 33 heavy (non-hydrogen) atoms. The number of pyridine rings is 1. The van der Waals surface area contributed by atoms with Crippen LogP contribution in [0.25, 0.3) is 22.4 Å². The summed E-state index contributed by atoms with van der Waals surface area (Å²) < 4.78 is 8.99. The van der Waals surface area contributed by atoms with E-state index in [-0.39, 0.29) is 11.6 Å². The van der Waals surface area contributed by atoms with Crippen molar-refractivity contribution in [2.45, 2.75) is 6.92 Å². The first-order valence-electron chi connectivity index (χ1n) is 10.2. The fourth-order valence-corrected chi connectivity index (χ4v) is 3.50. The number of carbonyl (C=O) groups excluding carboxylic acids is 1. The molecule has 164 valence electrons. The van der Waals surface area contributed by atoms with Gasteiger partial charge in [-0.3, -0.25) is 18.9 Å². The Labute approximate surface area is 190 Å². The lowest BCUT2D eigenvalue weighted by molar-refractivity contribution is -0.111. The van der Waals surface area contributed by atoms with Crippen LogP contribution in [-0.2, 0) is 4.79 Å². The zero-order valence-electron chi connectivity index (χ0n) is 18.1. The van der Waals surface area contributed by atoms with Crippen LogP contribution in [0.4, 0.5) is 5.69 Å². The smallest absolute Gasteiger partial charge is 0.338 e. The molecule has 0 aliphatic carbocycles. The van der Waals surface area contributed by atoms with Crippen LogP contribution >= 0.6 is 0 Å². The molecule has 0 saturated carbocycles. The molecule has 2 heterocycles. The molecule has 0 saturated heterocycles. The highest BCUT2D eigenvalue weighted by molar-refractivity contribution is 5.99. The fraction of sp³-hybridized carbons (Fsp3) is 0.0385. The molecule has 4 aromatic rings. The Bertz CT molecular complexity index is 1460. The Kier molecular flexibility index (Phi) is 6.04. The zero-order valence-corrected chi connectivity index (χ0v) is 18.1. The average Bonchev–Trinajstić information content (AvgIpc) is 3.14. The van der Waals surface area contributed by atoms with Crippen LogP contribution in [-0.4, -0.2) is 20.0 Å². The largest absolute Gasteiger partial charge is 0.458 e. The number of amides is 1. The molecule has 1 amide bonds. The summed E-state index contributed by atoms with van der Waals surface area (Å²) in [6.07, 6.45) is 7.89. The second-order valence-electron chi connectivity index (χ2n) is 7.06. The molecule has 0 radical (unpaired) electrons. The van der Waals surface area contributed by atoms with Gasteiger partial charge in [-0.25, -0.2) is 4.79 Å². The minimum Gasteiger partial charge on any atom is -0.458 e. The van der Waals surface area contributed by atoms with E-state index in [1.165, 1.54) is 6.08 Å². The van der Waals surface area contributed by atoms with Crippen molar-refractivity contribution < 1.29 is 9.53 Å². The van der Waals surface area contributed by atoms with E-state index in [2.05, 4.69) is 23.5 Å². The Morgan fingerprint density at radius 1 is 1.00 bits per heavy atom. The molecule has 0 fully saturated rings. The van der Waals surface area contributed by atoms with Gasteiger partial charge in [0, 0.05) is 18.0 Å². The number of hydrogen-bond acceptors (Lipinski definition) is 4. The molecule has 2 aromatic heterocycles. The van der Waals surface area contributed by atoms with E-state index < -0.39 is 0 Å². The van der Waals surface area contributed by atoms with E-state index in [1.54, 1.807) is 70.1 Å². The number of ether oxygens (including phenoxy) is 1. The predicted octanol–water partition coefficient (Wildman–Crippen LogP) is 4.77. The van der Waals surface area contributed by atoms with Gasteiger partial charge in [0.25, 0.3) is 0 Å². The number of rotatable bonds is 7. The number of allylic oxidation sites excluding steroid dienone is 2. The van der Waals surface area contributed by atoms with Gasteiger partial charge in [0.1, 0.15) is 11.5 Å². The first-order valence-corrected chi connectivity index (χ1v) is 10.2. The molecular formula is C26H22N4O3. The summed E-state index contributed by atoms with van der Waals surface area (Å²) in [5, 5.41) is 2.72. The van der Waals surface area contributed by atoms with Crippen molar-refractivity contribution in [3.63, 3.8) is 0 Å². The van der Waals surface area contributed by atoms with Gasteiger partial charge in [-0.15, -0.1) is 0 Å². The fourth-order valence-electron chi connectivity index (χ4n) is 3.50. The zero-order chi connectivity index (χ0) is 23.4. The van der Waals surface area contributed by atoms with Crippen molar-refractivity contribution in [3.8, 4) is 17.1 Å². The van der Waals surface area contributed by atoms with Crippen LogP contribution in [0.2, 0.25) is 0 Å². The van der Waals surface area contributed by atoms with E-state index in [0.29, 0.717) is 39.6 Å². The molecule has 1 N–H and O–H groups in total. The minimum absolute atomic E-state index is 0.280. The van der Waals surface area contributed by atoms with Gasteiger partial charge >= 0.3 is 5.69 Å². The van der Waals surface area contributed by atoms with Crippen molar-refractivity contribution in [1.29, 1.82) is 0 Å². The highest BCUT2D eigenvalue weighted by atomic mass is 16.5. The van der Waals surface area contributed by atoms with Crippen molar-refractivity contribution in [1.82, 2.24) is 14.1 Å².